The third-order valence-corrected chi connectivity index (χ3v) is 5.46. The lowest BCUT2D eigenvalue weighted by Gasteiger charge is -2.36. The molecule has 1 saturated carbocycles. The average molecular weight is 375 g/mol. The molecule has 3 amide bonds. The predicted octanol–water partition coefficient (Wildman–Crippen LogP) is 1.10. The molecule has 2 aliphatic heterocycles. The highest BCUT2D eigenvalue weighted by atomic mass is 35.5. The monoisotopic (exact) mass is 374 g/mol. The Balaban J connectivity index is 0.00000225. The second-order valence-electron chi connectivity index (χ2n) is 7.16. The molecule has 3 fully saturated rings. The van der Waals surface area contributed by atoms with Gasteiger partial charge in [0.05, 0.1) is 6.10 Å². The van der Waals surface area contributed by atoms with Gasteiger partial charge in [0, 0.05) is 38.8 Å². The first-order chi connectivity index (χ1) is 11.7. The van der Waals surface area contributed by atoms with Gasteiger partial charge in [0.15, 0.2) is 0 Å². The van der Waals surface area contributed by atoms with Gasteiger partial charge in [-0.1, -0.05) is 19.3 Å². The van der Waals surface area contributed by atoms with Gasteiger partial charge < -0.3 is 25.6 Å². The first-order valence-corrected chi connectivity index (χ1v) is 9.37. The van der Waals surface area contributed by atoms with Gasteiger partial charge in [0.2, 0.25) is 0 Å². The van der Waals surface area contributed by atoms with E-state index < -0.39 is 0 Å². The first kappa shape index (κ1) is 20.3. The minimum Gasteiger partial charge on any atom is -0.364 e. The summed E-state index contributed by atoms with van der Waals surface area (Å²) in [7, 11) is 0. The van der Waals surface area contributed by atoms with Crippen LogP contribution in [0.2, 0.25) is 0 Å². The lowest BCUT2D eigenvalue weighted by molar-refractivity contribution is -0.144. The minimum absolute atomic E-state index is 0. The van der Waals surface area contributed by atoms with Crippen LogP contribution in [0.25, 0.3) is 0 Å². The van der Waals surface area contributed by atoms with Gasteiger partial charge in [0.1, 0.15) is 6.10 Å². The molecule has 0 aromatic heterocycles. The quantitative estimate of drug-likeness (QED) is 0.774. The Bertz CT molecular complexity index is 451. The lowest BCUT2D eigenvalue weighted by atomic mass is 9.96. The number of carbonyl (C=O) groups excluding carboxylic acids is 2. The number of halogens is 1. The summed E-state index contributed by atoms with van der Waals surface area (Å²) in [6.07, 6.45) is 7.15. The molecule has 2 saturated heterocycles. The van der Waals surface area contributed by atoms with Crippen molar-refractivity contribution in [1.29, 1.82) is 0 Å². The first-order valence-electron chi connectivity index (χ1n) is 9.37. The topological polar surface area (TPSA) is 87.9 Å². The van der Waals surface area contributed by atoms with Gasteiger partial charge in [0.25, 0.3) is 5.91 Å². The number of nitrogens with two attached hydrogens (primary N) is 1. The molecule has 0 unspecified atom stereocenters. The molecule has 8 heteroatoms. The van der Waals surface area contributed by atoms with Crippen molar-refractivity contribution in [1.82, 2.24) is 15.1 Å². The largest absolute Gasteiger partial charge is 0.364 e. The molecule has 144 valence electrons. The lowest BCUT2D eigenvalue weighted by Crippen LogP contribution is -2.56. The van der Waals surface area contributed by atoms with Crippen LogP contribution in [0.4, 0.5) is 4.79 Å². The van der Waals surface area contributed by atoms with E-state index in [1.54, 1.807) is 0 Å². The molecule has 3 aliphatic rings. The number of rotatable bonds is 3. The van der Waals surface area contributed by atoms with Crippen molar-refractivity contribution in [2.45, 2.75) is 63.2 Å². The van der Waals surface area contributed by atoms with Crippen molar-refractivity contribution >= 4 is 24.3 Å². The third kappa shape index (κ3) is 5.21. The van der Waals surface area contributed by atoms with Gasteiger partial charge in [-0.2, -0.15) is 0 Å². The minimum atomic E-state index is -0.346. The van der Waals surface area contributed by atoms with Gasteiger partial charge in [-0.15, -0.1) is 12.4 Å². The third-order valence-electron chi connectivity index (χ3n) is 5.46. The van der Waals surface area contributed by atoms with Crippen LogP contribution in [0.5, 0.6) is 0 Å². The number of amides is 3. The van der Waals surface area contributed by atoms with E-state index in [2.05, 4.69) is 5.32 Å². The fourth-order valence-corrected chi connectivity index (χ4v) is 3.91. The zero-order chi connectivity index (χ0) is 16.9. The fourth-order valence-electron chi connectivity index (χ4n) is 3.91. The molecule has 2 atom stereocenters. The fraction of sp³-hybridized carbons (Fsp3) is 0.882. The van der Waals surface area contributed by atoms with Crippen molar-refractivity contribution in [3.63, 3.8) is 0 Å². The van der Waals surface area contributed by atoms with E-state index in [1.165, 1.54) is 19.3 Å². The molecule has 0 aromatic carbocycles. The average Bonchev–Trinajstić information content (AvgIpc) is 3.11. The number of ether oxygens (including phenoxy) is 1. The maximum Gasteiger partial charge on any atom is 0.317 e. The molecule has 25 heavy (non-hydrogen) atoms. The standard InChI is InChI=1S/C17H30N4O3.ClH/c18-12-14-6-7-15(24-14)16(22)20-8-10-21(11-9-20)17(23)19-13-4-2-1-3-5-13;/h13-15H,1-12,18H2,(H,19,23);1H/t14-,15+;/m1./s1. The van der Waals surface area contributed by atoms with E-state index in [1.807, 2.05) is 9.80 Å². The summed E-state index contributed by atoms with van der Waals surface area (Å²) in [5, 5.41) is 3.15. The summed E-state index contributed by atoms with van der Waals surface area (Å²) < 4.78 is 5.69. The number of carbonyl (C=O) groups is 2. The molecule has 0 bridgehead atoms. The zero-order valence-corrected chi connectivity index (χ0v) is 15.6. The second kappa shape index (κ2) is 9.59. The van der Waals surface area contributed by atoms with E-state index in [-0.39, 0.29) is 36.6 Å². The molecule has 1 aliphatic carbocycles. The zero-order valence-electron chi connectivity index (χ0n) is 14.8. The van der Waals surface area contributed by atoms with E-state index in [9.17, 15) is 9.59 Å². The maximum atomic E-state index is 12.5. The molecule has 0 aromatic rings. The number of piperazine rings is 1. The Hall–Kier alpha value is -1.05. The molecular weight excluding hydrogens is 344 g/mol. The van der Waals surface area contributed by atoms with Crippen LogP contribution in [0.1, 0.15) is 44.9 Å². The van der Waals surface area contributed by atoms with E-state index in [0.717, 1.165) is 25.7 Å². The molecule has 0 spiro atoms. The van der Waals surface area contributed by atoms with Crippen molar-refractivity contribution in [2.75, 3.05) is 32.7 Å². The van der Waals surface area contributed by atoms with Crippen molar-refractivity contribution < 1.29 is 14.3 Å². The van der Waals surface area contributed by atoms with Gasteiger partial charge in [-0.3, -0.25) is 4.79 Å². The highest BCUT2D eigenvalue weighted by Gasteiger charge is 2.34. The normalized spacial score (nSPS) is 27.7. The summed E-state index contributed by atoms with van der Waals surface area (Å²) in [5.74, 6) is 0.0540. The number of nitrogens with zero attached hydrogens (tertiary/aromatic N) is 2. The van der Waals surface area contributed by atoms with Crippen molar-refractivity contribution in [2.24, 2.45) is 5.73 Å². The van der Waals surface area contributed by atoms with Crippen LogP contribution >= 0.6 is 12.4 Å². The number of nitrogens with one attached hydrogen (secondary N) is 1. The SMILES string of the molecule is Cl.NC[C@H]1CC[C@@H](C(=O)N2CCN(C(=O)NC3CCCCC3)CC2)O1. The highest BCUT2D eigenvalue weighted by molar-refractivity contribution is 5.85. The van der Waals surface area contributed by atoms with E-state index in [0.29, 0.717) is 38.8 Å². The Labute approximate surface area is 156 Å². The highest BCUT2D eigenvalue weighted by Crippen LogP contribution is 2.21. The van der Waals surface area contributed by atoms with Crippen LogP contribution in [-0.4, -0.2) is 72.7 Å². The molecule has 0 radical (unpaired) electrons. The summed E-state index contributed by atoms with van der Waals surface area (Å²) >= 11 is 0. The summed E-state index contributed by atoms with van der Waals surface area (Å²) in [4.78, 5) is 28.5. The van der Waals surface area contributed by atoms with Gasteiger partial charge in [-0.05, 0) is 25.7 Å². The summed E-state index contributed by atoms with van der Waals surface area (Å²) in [6.45, 7) is 2.84. The molecule has 7 nitrogen and oxygen atoms in total. The Morgan fingerprint density at radius 3 is 2.20 bits per heavy atom. The Morgan fingerprint density at radius 1 is 0.960 bits per heavy atom. The second-order valence-corrected chi connectivity index (χ2v) is 7.16. The van der Waals surface area contributed by atoms with Crippen molar-refractivity contribution in [3.05, 3.63) is 0 Å². The van der Waals surface area contributed by atoms with Crippen LogP contribution in [0.3, 0.4) is 0 Å². The van der Waals surface area contributed by atoms with Gasteiger partial charge in [-0.25, -0.2) is 4.79 Å². The molecule has 3 N–H and O–H groups in total. The van der Waals surface area contributed by atoms with Gasteiger partial charge >= 0.3 is 6.03 Å². The maximum absolute atomic E-state index is 12.5. The van der Waals surface area contributed by atoms with E-state index >= 15 is 0 Å². The number of urea groups is 1. The van der Waals surface area contributed by atoms with E-state index in [4.69, 9.17) is 10.5 Å². The van der Waals surface area contributed by atoms with Crippen LogP contribution in [-0.2, 0) is 9.53 Å². The van der Waals surface area contributed by atoms with Crippen molar-refractivity contribution in [3.8, 4) is 0 Å². The Kier molecular flexibility index (Phi) is 7.78. The number of hydrogen-bond donors (Lipinski definition) is 2. The molecule has 3 rings (SSSR count). The van der Waals surface area contributed by atoms with Crippen LogP contribution < -0.4 is 11.1 Å². The van der Waals surface area contributed by atoms with Crippen LogP contribution in [0, 0.1) is 0 Å². The molecule has 2 heterocycles. The van der Waals surface area contributed by atoms with Crippen LogP contribution in [0.15, 0.2) is 0 Å². The predicted molar refractivity (Wildman–Crippen MR) is 97.8 cm³/mol. The number of hydrogen-bond acceptors (Lipinski definition) is 4. The smallest absolute Gasteiger partial charge is 0.317 e. The summed E-state index contributed by atoms with van der Waals surface area (Å²) in [5.41, 5.74) is 5.60. The summed E-state index contributed by atoms with van der Waals surface area (Å²) in [6, 6.07) is 0.348. The molecular formula is C17H31ClN4O3. The Morgan fingerprint density at radius 2 is 1.60 bits per heavy atom.